The van der Waals surface area contributed by atoms with Crippen LogP contribution in [0, 0.1) is 6.92 Å². The molecule has 1 aromatic carbocycles. The van der Waals surface area contributed by atoms with Gasteiger partial charge in [-0.1, -0.05) is 29.8 Å². The van der Waals surface area contributed by atoms with Crippen LogP contribution in [0.2, 0.25) is 0 Å². The smallest absolute Gasteiger partial charge is 0.307 e. The van der Waals surface area contributed by atoms with Crippen molar-refractivity contribution in [2.75, 3.05) is 13.2 Å². The maximum absolute atomic E-state index is 12.5. The summed E-state index contributed by atoms with van der Waals surface area (Å²) in [5.74, 6) is -0.283. The molecule has 0 aliphatic carbocycles. The van der Waals surface area contributed by atoms with Crippen LogP contribution in [0.25, 0.3) is 0 Å². The molecule has 5 nitrogen and oxygen atoms in total. The third kappa shape index (κ3) is 4.98. The Morgan fingerprint density at radius 1 is 1.17 bits per heavy atom. The number of hydrogen-bond acceptors (Lipinski definition) is 4. The van der Waals surface area contributed by atoms with Crippen LogP contribution in [0.3, 0.4) is 0 Å². The van der Waals surface area contributed by atoms with E-state index >= 15 is 0 Å². The van der Waals surface area contributed by atoms with Crippen molar-refractivity contribution >= 4 is 11.9 Å². The van der Waals surface area contributed by atoms with Gasteiger partial charge in [0.2, 0.25) is 0 Å². The van der Waals surface area contributed by atoms with Crippen LogP contribution in [0.4, 0.5) is 0 Å². The predicted molar refractivity (Wildman–Crippen MR) is 85.9 cm³/mol. The number of esters is 1. The largest absolute Gasteiger partial charge is 0.466 e. The number of hydrogen-bond donors (Lipinski definition) is 0. The molecule has 0 atom stereocenters. The second-order valence-electron chi connectivity index (χ2n) is 5.24. The average molecular weight is 315 g/mol. The van der Waals surface area contributed by atoms with Crippen molar-refractivity contribution in [3.05, 3.63) is 59.5 Å². The second kappa shape index (κ2) is 8.17. The minimum absolute atomic E-state index is 0.159. The first-order valence-electron chi connectivity index (χ1n) is 7.64. The Labute approximate surface area is 135 Å². The third-order valence-corrected chi connectivity index (χ3v) is 3.40. The summed E-state index contributed by atoms with van der Waals surface area (Å²) in [5.41, 5.74) is 2.16. The summed E-state index contributed by atoms with van der Waals surface area (Å²) < 4.78 is 10.1. The summed E-state index contributed by atoms with van der Waals surface area (Å²) in [5, 5.41) is 0. The van der Waals surface area contributed by atoms with E-state index in [1.165, 1.54) is 6.26 Å². The molecule has 2 aromatic rings. The topological polar surface area (TPSA) is 59.8 Å². The van der Waals surface area contributed by atoms with Gasteiger partial charge in [-0.25, -0.2) is 0 Å². The molecule has 122 valence electrons. The van der Waals surface area contributed by atoms with Crippen molar-refractivity contribution in [1.29, 1.82) is 0 Å². The Kier molecular flexibility index (Phi) is 5.97. The Balaban J connectivity index is 2.08. The molecule has 0 bridgehead atoms. The van der Waals surface area contributed by atoms with E-state index in [-0.39, 0.29) is 30.6 Å². The van der Waals surface area contributed by atoms with Gasteiger partial charge in [-0.3, -0.25) is 9.59 Å². The van der Waals surface area contributed by atoms with E-state index in [0.717, 1.165) is 11.1 Å². The van der Waals surface area contributed by atoms with E-state index < -0.39 is 0 Å². The van der Waals surface area contributed by atoms with E-state index in [4.69, 9.17) is 9.15 Å². The highest BCUT2D eigenvalue weighted by Gasteiger charge is 2.19. The molecule has 1 aromatic heterocycles. The number of aryl methyl sites for hydroxylation is 1. The van der Waals surface area contributed by atoms with Crippen LogP contribution in [0.1, 0.15) is 35.0 Å². The van der Waals surface area contributed by atoms with Crippen molar-refractivity contribution < 1.29 is 18.7 Å². The molecule has 0 aliphatic rings. The van der Waals surface area contributed by atoms with E-state index in [1.54, 1.807) is 24.0 Å². The van der Waals surface area contributed by atoms with Crippen LogP contribution in [-0.2, 0) is 16.1 Å². The van der Waals surface area contributed by atoms with Crippen LogP contribution >= 0.6 is 0 Å². The van der Waals surface area contributed by atoms with E-state index in [0.29, 0.717) is 13.2 Å². The Bertz CT molecular complexity index is 632. The van der Waals surface area contributed by atoms with Gasteiger partial charge < -0.3 is 14.1 Å². The molecule has 0 spiro atoms. The van der Waals surface area contributed by atoms with Crippen molar-refractivity contribution in [3.63, 3.8) is 0 Å². The Hall–Kier alpha value is -2.56. The molecule has 5 heteroatoms. The lowest BCUT2D eigenvalue weighted by molar-refractivity contribution is -0.143. The summed E-state index contributed by atoms with van der Waals surface area (Å²) >= 11 is 0. The standard InChI is InChI=1S/C18H21NO4/c1-3-22-17(20)10-11-19(18(21)16-5-4-12-23-16)13-15-8-6-14(2)7-9-15/h4-9,12H,3,10-11,13H2,1-2H3. The SMILES string of the molecule is CCOC(=O)CCN(Cc1ccc(C)cc1)C(=O)c1ccco1. The molecule has 0 saturated carbocycles. The molecule has 0 N–H and O–H groups in total. The maximum atomic E-state index is 12.5. The summed E-state index contributed by atoms with van der Waals surface area (Å²) in [4.78, 5) is 25.7. The Morgan fingerprint density at radius 3 is 2.52 bits per heavy atom. The molecule has 0 radical (unpaired) electrons. The number of nitrogens with zero attached hydrogens (tertiary/aromatic N) is 1. The van der Waals surface area contributed by atoms with E-state index in [9.17, 15) is 9.59 Å². The number of carbonyl (C=O) groups excluding carboxylic acids is 2. The third-order valence-electron chi connectivity index (χ3n) is 3.40. The minimum Gasteiger partial charge on any atom is -0.466 e. The summed E-state index contributed by atoms with van der Waals surface area (Å²) in [6.45, 7) is 4.81. The average Bonchev–Trinajstić information content (AvgIpc) is 3.07. The molecule has 23 heavy (non-hydrogen) atoms. The molecule has 1 heterocycles. The highest BCUT2D eigenvalue weighted by molar-refractivity contribution is 5.91. The second-order valence-corrected chi connectivity index (χ2v) is 5.24. The summed E-state index contributed by atoms with van der Waals surface area (Å²) in [7, 11) is 0. The van der Waals surface area contributed by atoms with Crippen molar-refractivity contribution in [1.82, 2.24) is 4.90 Å². The van der Waals surface area contributed by atoms with Gasteiger partial charge in [0.15, 0.2) is 5.76 Å². The zero-order valence-electron chi connectivity index (χ0n) is 13.5. The van der Waals surface area contributed by atoms with Crippen LogP contribution in [0.15, 0.2) is 47.1 Å². The quantitative estimate of drug-likeness (QED) is 0.736. The Morgan fingerprint density at radius 2 is 1.91 bits per heavy atom. The molecule has 0 fully saturated rings. The van der Waals surface area contributed by atoms with Gasteiger partial charge >= 0.3 is 5.97 Å². The maximum Gasteiger partial charge on any atom is 0.307 e. The molecular formula is C18H21NO4. The normalized spacial score (nSPS) is 10.3. The fourth-order valence-electron chi connectivity index (χ4n) is 2.18. The lowest BCUT2D eigenvalue weighted by Gasteiger charge is -2.21. The van der Waals surface area contributed by atoms with Crippen molar-refractivity contribution in [3.8, 4) is 0 Å². The fourth-order valence-corrected chi connectivity index (χ4v) is 2.18. The minimum atomic E-state index is -0.311. The number of benzene rings is 1. The first-order valence-corrected chi connectivity index (χ1v) is 7.64. The molecule has 2 rings (SSSR count). The number of carbonyl (C=O) groups is 2. The molecule has 0 aliphatic heterocycles. The van der Waals surface area contributed by atoms with Gasteiger partial charge in [0.1, 0.15) is 0 Å². The van der Waals surface area contributed by atoms with Gasteiger partial charge in [0, 0.05) is 13.1 Å². The molecule has 0 unspecified atom stereocenters. The predicted octanol–water partition coefficient (Wildman–Crippen LogP) is 3.18. The van der Waals surface area contributed by atoms with Crippen molar-refractivity contribution in [2.45, 2.75) is 26.8 Å². The molecule has 1 amide bonds. The van der Waals surface area contributed by atoms with Crippen LogP contribution in [0.5, 0.6) is 0 Å². The lowest BCUT2D eigenvalue weighted by Crippen LogP contribution is -2.32. The van der Waals surface area contributed by atoms with Crippen LogP contribution < -0.4 is 0 Å². The lowest BCUT2D eigenvalue weighted by atomic mass is 10.1. The van der Waals surface area contributed by atoms with Gasteiger partial charge in [-0.2, -0.15) is 0 Å². The zero-order chi connectivity index (χ0) is 16.7. The van der Waals surface area contributed by atoms with E-state index in [2.05, 4.69) is 0 Å². The molecular weight excluding hydrogens is 294 g/mol. The van der Waals surface area contributed by atoms with Gasteiger partial charge in [-0.05, 0) is 31.5 Å². The number of ether oxygens (including phenoxy) is 1. The first-order chi connectivity index (χ1) is 11.1. The number of furan rings is 1. The zero-order valence-corrected chi connectivity index (χ0v) is 13.5. The van der Waals surface area contributed by atoms with Crippen molar-refractivity contribution in [2.24, 2.45) is 0 Å². The van der Waals surface area contributed by atoms with E-state index in [1.807, 2.05) is 31.2 Å². The van der Waals surface area contributed by atoms with Gasteiger partial charge in [0.25, 0.3) is 5.91 Å². The highest BCUT2D eigenvalue weighted by Crippen LogP contribution is 2.12. The summed E-state index contributed by atoms with van der Waals surface area (Å²) in [6, 6.07) is 11.2. The first kappa shape index (κ1) is 16.8. The molecule has 0 saturated heterocycles. The summed E-state index contributed by atoms with van der Waals surface area (Å²) in [6.07, 6.45) is 1.62. The highest BCUT2D eigenvalue weighted by atomic mass is 16.5. The van der Waals surface area contributed by atoms with Gasteiger partial charge in [-0.15, -0.1) is 0 Å². The monoisotopic (exact) mass is 315 g/mol. The number of rotatable bonds is 7. The van der Waals surface area contributed by atoms with Crippen LogP contribution in [-0.4, -0.2) is 29.9 Å². The number of amides is 1. The van der Waals surface area contributed by atoms with Gasteiger partial charge in [0.05, 0.1) is 19.3 Å². The fraction of sp³-hybridized carbons (Fsp3) is 0.333.